The molecule has 3 aromatic rings. The quantitative estimate of drug-likeness (QED) is 0.444. The van der Waals surface area contributed by atoms with Crippen molar-refractivity contribution in [3.8, 4) is 11.1 Å². The maximum absolute atomic E-state index is 16.9. The van der Waals surface area contributed by atoms with E-state index in [4.69, 9.17) is 21.6 Å². The summed E-state index contributed by atoms with van der Waals surface area (Å²) in [5.74, 6) is 0.242. The van der Waals surface area contributed by atoms with Crippen LogP contribution in [-0.4, -0.2) is 90.0 Å². The van der Waals surface area contributed by atoms with Crippen molar-refractivity contribution in [3.63, 3.8) is 0 Å². The fourth-order valence-corrected chi connectivity index (χ4v) is 6.55. The van der Waals surface area contributed by atoms with Crippen molar-refractivity contribution in [3.05, 3.63) is 52.8 Å². The van der Waals surface area contributed by atoms with Crippen molar-refractivity contribution in [1.29, 1.82) is 0 Å². The molecule has 3 aliphatic rings. The highest BCUT2D eigenvalue weighted by Crippen LogP contribution is 2.45. The highest BCUT2D eigenvalue weighted by molar-refractivity contribution is 6.35. The first-order valence-electron chi connectivity index (χ1n) is 14.2. The Labute approximate surface area is 249 Å². The van der Waals surface area contributed by atoms with Gasteiger partial charge >= 0.3 is 0 Å². The molecule has 6 rings (SSSR count). The van der Waals surface area contributed by atoms with E-state index in [9.17, 15) is 9.59 Å². The normalized spacial score (nSPS) is 20.7. The zero-order valence-corrected chi connectivity index (χ0v) is 25.3. The summed E-state index contributed by atoms with van der Waals surface area (Å²) in [7, 11) is 4.07. The van der Waals surface area contributed by atoms with Gasteiger partial charge in [0.25, 0.3) is 0 Å². The summed E-state index contributed by atoms with van der Waals surface area (Å²) in [4.78, 5) is 42.7. The number of hydrogen-bond acceptors (Lipinski definition) is 7. The van der Waals surface area contributed by atoms with Crippen molar-refractivity contribution >= 4 is 51.8 Å². The number of likely N-dealkylation sites (N-methyl/N-ethyl adjacent to an activating group) is 1. The lowest BCUT2D eigenvalue weighted by molar-refractivity contribution is -0.128. The molecule has 1 N–H and O–H groups in total. The second-order valence-corrected chi connectivity index (χ2v) is 12.3. The van der Waals surface area contributed by atoms with E-state index < -0.39 is 5.82 Å². The maximum Gasteiger partial charge on any atom is 0.246 e. The predicted octanol–water partition coefficient (Wildman–Crippen LogP) is 4.25. The van der Waals surface area contributed by atoms with Crippen molar-refractivity contribution in [2.24, 2.45) is 0 Å². The summed E-state index contributed by atoms with van der Waals surface area (Å²) in [6, 6.07) is 5.66. The number of nitrogens with one attached hydrogen (secondary N) is 1. The first kappa shape index (κ1) is 28.4. The van der Waals surface area contributed by atoms with E-state index in [2.05, 4.69) is 26.6 Å². The lowest BCUT2D eigenvalue weighted by atomic mass is 9.94. The minimum Gasteiger partial charge on any atom is -0.349 e. The Morgan fingerprint density at radius 3 is 2.57 bits per heavy atom. The van der Waals surface area contributed by atoms with Gasteiger partial charge < -0.3 is 24.9 Å². The molecular weight excluding hydrogens is 557 g/mol. The van der Waals surface area contributed by atoms with Gasteiger partial charge in [-0.25, -0.2) is 9.37 Å². The van der Waals surface area contributed by atoms with Crippen LogP contribution in [0.15, 0.2) is 30.9 Å². The third-order valence-electron chi connectivity index (χ3n) is 8.81. The Balaban J connectivity index is 1.53. The maximum atomic E-state index is 16.9. The van der Waals surface area contributed by atoms with Gasteiger partial charge in [0.15, 0.2) is 5.82 Å². The number of nitrogens with zero attached hydrogens (tertiary/aromatic N) is 6. The van der Waals surface area contributed by atoms with Crippen LogP contribution in [0.2, 0.25) is 5.02 Å². The second-order valence-electron chi connectivity index (χ2n) is 11.9. The molecular formula is C31H35ClFN7O2. The van der Waals surface area contributed by atoms with E-state index in [0.717, 1.165) is 24.2 Å². The Kier molecular flexibility index (Phi) is 7.09. The largest absolute Gasteiger partial charge is 0.349 e. The van der Waals surface area contributed by atoms with Gasteiger partial charge in [-0.2, -0.15) is 4.98 Å². The summed E-state index contributed by atoms with van der Waals surface area (Å²) in [6.07, 6.45) is 1.58. The number of piperazine rings is 1. The van der Waals surface area contributed by atoms with Gasteiger partial charge in [-0.1, -0.05) is 30.3 Å². The molecule has 2 atom stereocenters. The Morgan fingerprint density at radius 2 is 1.88 bits per heavy atom. The lowest BCUT2D eigenvalue weighted by Gasteiger charge is -2.45. The summed E-state index contributed by atoms with van der Waals surface area (Å²) in [6.45, 7) is 12.0. The number of carbonyl (C=O) groups excluding carboxylic acids is 2. The molecule has 42 heavy (non-hydrogen) atoms. The number of benzene rings is 2. The number of halogens is 2. The number of fused-ring (bicyclic) bond motifs is 2. The van der Waals surface area contributed by atoms with Crippen molar-refractivity contribution < 1.29 is 14.0 Å². The Hall–Kier alpha value is -3.76. The molecule has 11 heteroatoms. The van der Waals surface area contributed by atoms with Crippen LogP contribution >= 0.6 is 11.6 Å². The number of amides is 2. The molecule has 2 amide bonds. The van der Waals surface area contributed by atoms with E-state index in [-0.39, 0.29) is 46.4 Å². The average Bonchev–Trinajstić information content (AvgIpc) is 3.29. The number of aromatic nitrogens is 2. The minimum atomic E-state index is -0.550. The molecule has 1 aromatic heterocycles. The van der Waals surface area contributed by atoms with Crippen molar-refractivity contribution in [1.82, 2.24) is 19.8 Å². The van der Waals surface area contributed by atoms with E-state index >= 15 is 4.39 Å². The van der Waals surface area contributed by atoms with Crippen LogP contribution in [-0.2, 0) is 16.0 Å². The molecule has 0 aliphatic carbocycles. The minimum absolute atomic E-state index is 0.0988. The first-order valence-corrected chi connectivity index (χ1v) is 14.6. The van der Waals surface area contributed by atoms with Gasteiger partial charge in [-0.3, -0.25) is 9.59 Å². The molecule has 0 bridgehead atoms. The van der Waals surface area contributed by atoms with E-state index in [1.165, 1.54) is 6.08 Å². The second kappa shape index (κ2) is 10.5. The van der Waals surface area contributed by atoms with Crippen LogP contribution in [0.25, 0.3) is 22.0 Å². The molecule has 220 valence electrons. The van der Waals surface area contributed by atoms with Crippen LogP contribution < -0.4 is 15.1 Å². The van der Waals surface area contributed by atoms with Crippen LogP contribution in [0.5, 0.6) is 0 Å². The molecule has 2 fully saturated rings. The topological polar surface area (TPSA) is 84.9 Å². The number of carbonyl (C=O) groups is 2. The summed E-state index contributed by atoms with van der Waals surface area (Å²) < 4.78 is 16.9. The predicted molar refractivity (Wildman–Crippen MR) is 165 cm³/mol. The summed E-state index contributed by atoms with van der Waals surface area (Å²) >= 11 is 6.90. The van der Waals surface area contributed by atoms with Gasteiger partial charge in [-0.15, -0.1) is 0 Å². The number of hydrogen-bond donors (Lipinski definition) is 1. The zero-order chi connectivity index (χ0) is 30.0. The van der Waals surface area contributed by atoms with Gasteiger partial charge in [0.2, 0.25) is 17.8 Å². The molecule has 0 spiro atoms. The highest BCUT2D eigenvalue weighted by Gasteiger charge is 2.36. The molecule has 3 aliphatic heterocycles. The number of anilines is 3. The Bertz CT molecular complexity index is 1640. The monoisotopic (exact) mass is 591 g/mol. The molecule has 0 unspecified atom stereocenters. The van der Waals surface area contributed by atoms with Gasteiger partial charge in [0.05, 0.1) is 17.1 Å². The molecule has 2 saturated heterocycles. The van der Waals surface area contributed by atoms with Gasteiger partial charge in [0.1, 0.15) is 11.3 Å². The number of rotatable bonds is 5. The van der Waals surface area contributed by atoms with Crippen LogP contribution in [0.1, 0.15) is 25.0 Å². The van der Waals surface area contributed by atoms with Gasteiger partial charge in [0, 0.05) is 60.8 Å². The highest BCUT2D eigenvalue weighted by atomic mass is 35.5. The first-order chi connectivity index (χ1) is 20.0. The van der Waals surface area contributed by atoms with Gasteiger partial charge in [-0.05, 0) is 58.1 Å². The number of aryl methyl sites for hydroxylation is 1. The zero-order valence-electron chi connectivity index (χ0n) is 24.5. The van der Waals surface area contributed by atoms with Crippen molar-refractivity contribution in [2.75, 3.05) is 55.4 Å². The fraction of sp³-hybridized carbons (Fsp3) is 0.419. The third-order valence-corrected chi connectivity index (χ3v) is 9.11. The molecule has 0 radical (unpaired) electrons. The molecule has 9 nitrogen and oxygen atoms in total. The standard InChI is InChI=1S/C31H35ClFN7O2/c1-7-24(42)39-12-18(4)40(13-17(39)3)30-21-11-22(32)26(25-16(2)8-9-19-10-23(41)34-28(19)25)27(33)29(21)35-31(36-30)38-14-20(15-38)37(5)6/h7-9,11,17-18,20H,1,10,12-15H2,2-6H3,(H,34,41)/t17-,18+/m1/s1. The molecule has 0 saturated carbocycles. The van der Waals surface area contributed by atoms with E-state index in [1.54, 1.807) is 11.0 Å². The lowest BCUT2D eigenvalue weighted by Crippen LogP contribution is -2.59. The smallest absolute Gasteiger partial charge is 0.246 e. The average molecular weight is 592 g/mol. The molecule has 4 heterocycles. The van der Waals surface area contributed by atoms with Crippen LogP contribution in [0.4, 0.5) is 21.8 Å². The van der Waals surface area contributed by atoms with E-state index in [1.807, 2.05) is 47.0 Å². The molecule has 2 aromatic carbocycles. The van der Waals surface area contributed by atoms with Crippen molar-refractivity contribution in [2.45, 2.75) is 45.3 Å². The SMILES string of the molecule is C=CC(=O)N1C[C@H](C)N(c2nc(N3CC(N(C)C)C3)nc3c(F)c(-c4c(C)ccc5c4NC(=O)C5)c(Cl)cc23)C[C@H]1C. The van der Waals surface area contributed by atoms with Crippen LogP contribution in [0.3, 0.4) is 0 Å². The summed E-state index contributed by atoms with van der Waals surface area (Å²) in [5.41, 5.74) is 3.16. The van der Waals surface area contributed by atoms with E-state index in [0.29, 0.717) is 47.5 Å². The Morgan fingerprint density at radius 1 is 1.14 bits per heavy atom. The fourth-order valence-electron chi connectivity index (χ4n) is 6.27. The van der Waals surface area contributed by atoms with Crippen LogP contribution in [0, 0.1) is 12.7 Å². The third kappa shape index (κ3) is 4.57. The summed E-state index contributed by atoms with van der Waals surface area (Å²) in [5, 5.41) is 3.63.